The molecule has 0 radical (unpaired) electrons. The normalized spacial score (nSPS) is 15.5. The highest BCUT2D eigenvalue weighted by molar-refractivity contribution is 5.57. The van der Waals surface area contributed by atoms with Crippen molar-refractivity contribution in [3.05, 3.63) is 66.4 Å². The van der Waals surface area contributed by atoms with Gasteiger partial charge in [0.15, 0.2) is 6.20 Å². The van der Waals surface area contributed by atoms with E-state index in [-0.39, 0.29) is 0 Å². The van der Waals surface area contributed by atoms with Crippen LogP contribution in [0.2, 0.25) is 0 Å². The standard InChI is InChI=1S/C21H24N3/c1-17-12-14-18(15-13-17)21-16-23(19-8-4-2-5-9-19)24(22-21)20-10-6-3-7-11-20/h3,6-7,10-16,19H,2,4-5,8-9H2,1H3/q+1. The average molecular weight is 318 g/mol. The third-order valence-corrected chi connectivity index (χ3v) is 4.96. The molecule has 0 atom stereocenters. The molecule has 4 rings (SSSR count). The van der Waals surface area contributed by atoms with E-state index in [1.165, 1.54) is 43.2 Å². The zero-order valence-corrected chi connectivity index (χ0v) is 14.2. The van der Waals surface area contributed by atoms with Crippen molar-refractivity contribution >= 4 is 0 Å². The van der Waals surface area contributed by atoms with Gasteiger partial charge >= 0.3 is 0 Å². The van der Waals surface area contributed by atoms with Gasteiger partial charge in [0.1, 0.15) is 11.7 Å². The quantitative estimate of drug-likeness (QED) is 0.645. The Morgan fingerprint density at radius 2 is 1.62 bits per heavy atom. The van der Waals surface area contributed by atoms with Gasteiger partial charge in [0.05, 0.1) is 5.10 Å². The highest BCUT2D eigenvalue weighted by Crippen LogP contribution is 2.25. The molecular weight excluding hydrogens is 294 g/mol. The van der Waals surface area contributed by atoms with Crippen LogP contribution in [0.25, 0.3) is 16.9 Å². The van der Waals surface area contributed by atoms with Crippen LogP contribution in [0.15, 0.2) is 60.8 Å². The van der Waals surface area contributed by atoms with Crippen molar-refractivity contribution in [3.8, 4) is 16.9 Å². The summed E-state index contributed by atoms with van der Waals surface area (Å²) in [5.74, 6) is 0. The van der Waals surface area contributed by atoms with E-state index in [0.717, 1.165) is 11.4 Å². The van der Waals surface area contributed by atoms with E-state index >= 15 is 0 Å². The van der Waals surface area contributed by atoms with Gasteiger partial charge in [-0.3, -0.25) is 0 Å². The maximum Gasteiger partial charge on any atom is 0.249 e. The first-order valence-electron chi connectivity index (χ1n) is 8.95. The zero-order chi connectivity index (χ0) is 16.4. The maximum absolute atomic E-state index is 4.94. The minimum absolute atomic E-state index is 0.547. The van der Waals surface area contributed by atoms with Crippen LogP contribution in [0.4, 0.5) is 0 Å². The molecule has 0 spiro atoms. The van der Waals surface area contributed by atoms with Gasteiger partial charge in [0, 0.05) is 5.56 Å². The third kappa shape index (κ3) is 2.99. The van der Waals surface area contributed by atoms with Crippen LogP contribution in [0, 0.1) is 6.92 Å². The van der Waals surface area contributed by atoms with E-state index in [4.69, 9.17) is 5.10 Å². The molecule has 1 aliphatic rings. The molecule has 1 fully saturated rings. The summed E-state index contributed by atoms with van der Waals surface area (Å²) in [6.07, 6.45) is 8.72. The lowest BCUT2D eigenvalue weighted by Crippen LogP contribution is -2.47. The fourth-order valence-electron chi connectivity index (χ4n) is 3.57. The summed E-state index contributed by atoms with van der Waals surface area (Å²) in [7, 11) is 0. The third-order valence-electron chi connectivity index (χ3n) is 4.96. The Morgan fingerprint density at radius 1 is 0.917 bits per heavy atom. The SMILES string of the molecule is Cc1ccc(-c2c[n+](C3CCCCC3)n(-c3ccccc3)n2)cc1. The second-order valence-corrected chi connectivity index (χ2v) is 6.78. The van der Waals surface area contributed by atoms with Gasteiger partial charge in [-0.1, -0.05) is 54.4 Å². The van der Waals surface area contributed by atoms with Gasteiger partial charge in [-0.15, -0.1) is 0 Å². The molecule has 0 amide bonds. The van der Waals surface area contributed by atoms with Crippen LogP contribution < -0.4 is 4.68 Å². The first-order valence-corrected chi connectivity index (χ1v) is 8.95. The summed E-state index contributed by atoms with van der Waals surface area (Å²) in [5.41, 5.74) is 4.63. The zero-order valence-electron chi connectivity index (χ0n) is 14.2. The smallest absolute Gasteiger partial charge is 0.152 e. The predicted octanol–water partition coefficient (Wildman–Crippen LogP) is 4.64. The first kappa shape index (κ1) is 15.1. The fraction of sp³-hybridized carbons (Fsp3) is 0.333. The number of aromatic nitrogens is 3. The van der Waals surface area contributed by atoms with Crippen LogP contribution >= 0.6 is 0 Å². The molecule has 1 saturated carbocycles. The number of para-hydroxylation sites is 1. The number of hydrogen-bond acceptors (Lipinski definition) is 1. The minimum Gasteiger partial charge on any atom is -0.152 e. The summed E-state index contributed by atoms with van der Waals surface area (Å²) in [5, 5.41) is 4.94. The summed E-state index contributed by atoms with van der Waals surface area (Å²) < 4.78 is 2.35. The Morgan fingerprint density at radius 3 is 2.33 bits per heavy atom. The van der Waals surface area contributed by atoms with Crippen LogP contribution in [0.3, 0.4) is 0 Å². The molecule has 0 N–H and O–H groups in total. The van der Waals surface area contributed by atoms with Gasteiger partial charge in [0.25, 0.3) is 0 Å². The molecule has 1 aliphatic carbocycles. The van der Waals surface area contributed by atoms with Crippen molar-refractivity contribution in [2.24, 2.45) is 0 Å². The van der Waals surface area contributed by atoms with Gasteiger partial charge in [-0.2, -0.15) is 4.68 Å². The Kier molecular flexibility index (Phi) is 4.16. The minimum atomic E-state index is 0.547. The number of hydrogen-bond donors (Lipinski definition) is 0. The van der Waals surface area contributed by atoms with Crippen LogP contribution in [0.1, 0.15) is 43.7 Å². The van der Waals surface area contributed by atoms with Crippen LogP contribution in [-0.4, -0.2) is 9.90 Å². The summed E-state index contributed by atoms with van der Waals surface area (Å²) in [4.78, 5) is 2.09. The maximum atomic E-state index is 4.94. The largest absolute Gasteiger partial charge is 0.249 e. The molecule has 3 heteroatoms. The Hall–Kier alpha value is -2.42. The molecule has 1 heterocycles. The first-order chi connectivity index (χ1) is 11.8. The average Bonchev–Trinajstić information content (AvgIpc) is 3.09. The lowest BCUT2D eigenvalue weighted by Gasteiger charge is -2.19. The van der Waals surface area contributed by atoms with Gasteiger partial charge in [-0.25, -0.2) is 0 Å². The lowest BCUT2D eigenvalue weighted by atomic mass is 9.96. The molecule has 2 aromatic carbocycles. The molecule has 24 heavy (non-hydrogen) atoms. The number of rotatable bonds is 3. The van der Waals surface area contributed by atoms with Crippen LogP contribution in [-0.2, 0) is 0 Å². The van der Waals surface area contributed by atoms with E-state index < -0.39 is 0 Å². The number of nitrogens with zero attached hydrogens (tertiary/aromatic N) is 3. The summed E-state index contributed by atoms with van der Waals surface area (Å²) >= 11 is 0. The highest BCUT2D eigenvalue weighted by atomic mass is 15.6. The fourth-order valence-corrected chi connectivity index (χ4v) is 3.57. The monoisotopic (exact) mass is 318 g/mol. The molecule has 122 valence electrons. The second-order valence-electron chi connectivity index (χ2n) is 6.78. The Labute approximate surface area is 143 Å². The van der Waals surface area contributed by atoms with E-state index in [9.17, 15) is 0 Å². The van der Waals surface area contributed by atoms with Gasteiger partial charge in [-0.05, 0) is 49.5 Å². The number of aryl methyl sites for hydroxylation is 1. The molecule has 3 aromatic rings. The summed E-state index contributed by atoms with van der Waals surface area (Å²) in [6, 6.07) is 19.7. The van der Waals surface area contributed by atoms with E-state index in [0.29, 0.717) is 6.04 Å². The molecule has 0 aliphatic heterocycles. The summed E-state index contributed by atoms with van der Waals surface area (Å²) in [6.45, 7) is 2.12. The topological polar surface area (TPSA) is 21.7 Å². The van der Waals surface area contributed by atoms with E-state index in [1.54, 1.807) is 0 Å². The van der Waals surface area contributed by atoms with Crippen LogP contribution in [0.5, 0.6) is 0 Å². The van der Waals surface area contributed by atoms with Crippen molar-refractivity contribution < 1.29 is 4.68 Å². The highest BCUT2D eigenvalue weighted by Gasteiger charge is 2.27. The van der Waals surface area contributed by atoms with E-state index in [2.05, 4.69) is 77.2 Å². The van der Waals surface area contributed by atoms with Gasteiger partial charge < -0.3 is 0 Å². The van der Waals surface area contributed by atoms with Crippen molar-refractivity contribution in [3.63, 3.8) is 0 Å². The van der Waals surface area contributed by atoms with Gasteiger partial charge in [0.2, 0.25) is 5.69 Å². The molecule has 0 unspecified atom stereocenters. The molecule has 1 aromatic heterocycles. The molecule has 0 saturated heterocycles. The van der Waals surface area contributed by atoms with E-state index in [1.807, 2.05) is 0 Å². The Balaban J connectivity index is 1.79. The van der Waals surface area contributed by atoms with Crippen molar-refractivity contribution in [2.45, 2.75) is 45.1 Å². The Bertz CT molecular complexity index is 797. The molecular formula is C21H24N3+. The molecule has 3 nitrogen and oxygen atoms in total. The van der Waals surface area contributed by atoms with Crippen molar-refractivity contribution in [1.29, 1.82) is 0 Å². The molecule has 0 bridgehead atoms. The number of benzene rings is 2. The predicted molar refractivity (Wildman–Crippen MR) is 96.1 cm³/mol. The van der Waals surface area contributed by atoms with Crippen molar-refractivity contribution in [2.75, 3.05) is 0 Å². The lowest BCUT2D eigenvalue weighted by molar-refractivity contribution is -0.795. The second kappa shape index (κ2) is 6.60. The van der Waals surface area contributed by atoms with Crippen molar-refractivity contribution in [1.82, 2.24) is 9.90 Å².